The Morgan fingerprint density at radius 1 is 1.08 bits per heavy atom. The predicted octanol–water partition coefficient (Wildman–Crippen LogP) is 3.36. The van der Waals surface area contributed by atoms with E-state index in [1.807, 2.05) is 18.2 Å². The summed E-state index contributed by atoms with van der Waals surface area (Å²) in [5.74, 6) is -0.448. The molecule has 0 spiro atoms. The molecule has 3 N–H and O–H groups in total. The molecule has 0 bridgehead atoms. The standard InChI is InChI=1S/C19H21F2N3/c20-16-8-14(9-17(21)12-16)15-10-18(11-15)24-19(22)23-7-6-13-4-2-1-3-5-13/h1-5,8-9,12,15,18H,6-7,10-11H2,(H3,22,23,24). The van der Waals surface area contributed by atoms with Gasteiger partial charge in [-0.3, -0.25) is 4.99 Å². The Morgan fingerprint density at radius 2 is 1.75 bits per heavy atom. The van der Waals surface area contributed by atoms with Crippen LogP contribution in [-0.4, -0.2) is 18.5 Å². The average Bonchev–Trinajstić information content (AvgIpc) is 2.50. The number of halogens is 2. The largest absolute Gasteiger partial charge is 0.370 e. The number of hydrogen-bond donors (Lipinski definition) is 2. The molecule has 0 aliphatic heterocycles. The normalized spacial score (nSPS) is 20.5. The van der Waals surface area contributed by atoms with E-state index in [0.29, 0.717) is 18.1 Å². The second-order valence-corrected chi connectivity index (χ2v) is 6.21. The van der Waals surface area contributed by atoms with Crippen LogP contribution >= 0.6 is 0 Å². The Morgan fingerprint density at radius 3 is 2.42 bits per heavy atom. The van der Waals surface area contributed by atoms with Crippen molar-refractivity contribution >= 4 is 5.96 Å². The summed E-state index contributed by atoms with van der Waals surface area (Å²) in [6.45, 7) is 0.633. The number of benzene rings is 2. The molecular weight excluding hydrogens is 308 g/mol. The first-order chi connectivity index (χ1) is 11.6. The minimum Gasteiger partial charge on any atom is -0.370 e. The zero-order chi connectivity index (χ0) is 16.9. The van der Waals surface area contributed by atoms with Gasteiger partial charge in [-0.2, -0.15) is 0 Å². The first-order valence-electron chi connectivity index (χ1n) is 8.16. The quantitative estimate of drug-likeness (QED) is 0.653. The van der Waals surface area contributed by atoms with Crippen molar-refractivity contribution in [3.63, 3.8) is 0 Å². The van der Waals surface area contributed by atoms with Gasteiger partial charge in [0.15, 0.2) is 5.96 Å². The maximum atomic E-state index is 13.2. The predicted molar refractivity (Wildman–Crippen MR) is 91.9 cm³/mol. The first kappa shape index (κ1) is 16.4. The molecule has 1 saturated carbocycles. The van der Waals surface area contributed by atoms with Crippen LogP contribution in [0.5, 0.6) is 0 Å². The topological polar surface area (TPSA) is 50.4 Å². The Balaban J connectivity index is 1.44. The van der Waals surface area contributed by atoms with Gasteiger partial charge >= 0.3 is 0 Å². The highest BCUT2D eigenvalue weighted by molar-refractivity contribution is 5.78. The van der Waals surface area contributed by atoms with E-state index in [1.54, 1.807) is 0 Å². The van der Waals surface area contributed by atoms with E-state index < -0.39 is 11.6 Å². The van der Waals surface area contributed by atoms with Crippen molar-refractivity contribution < 1.29 is 8.78 Å². The lowest BCUT2D eigenvalue weighted by Gasteiger charge is -2.36. The van der Waals surface area contributed by atoms with Crippen molar-refractivity contribution in [2.24, 2.45) is 10.7 Å². The Labute approximate surface area is 140 Å². The van der Waals surface area contributed by atoms with Crippen LogP contribution in [0.15, 0.2) is 53.5 Å². The highest BCUT2D eigenvalue weighted by Gasteiger charge is 2.31. The molecule has 0 aromatic heterocycles. The molecule has 24 heavy (non-hydrogen) atoms. The molecule has 1 aliphatic carbocycles. The first-order valence-corrected chi connectivity index (χ1v) is 8.16. The summed E-state index contributed by atoms with van der Waals surface area (Å²) in [5.41, 5.74) is 7.84. The summed E-state index contributed by atoms with van der Waals surface area (Å²) in [4.78, 5) is 4.33. The lowest BCUT2D eigenvalue weighted by Crippen LogP contribution is -2.46. The van der Waals surface area contributed by atoms with Crippen LogP contribution in [0.4, 0.5) is 8.78 Å². The van der Waals surface area contributed by atoms with Crippen molar-refractivity contribution in [1.29, 1.82) is 0 Å². The molecular formula is C19H21F2N3. The second-order valence-electron chi connectivity index (χ2n) is 6.21. The minimum atomic E-state index is -0.525. The summed E-state index contributed by atoms with van der Waals surface area (Å²) in [6, 6.07) is 14.0. The molecule has 126 valence electrons. The molecule has 3 rings (SSSR count). The maximum Gasteiger partial charge on any atom is 0.188 e. The number of rotatable bonds is 5. The van der Waals surface area contributed by atoms with E-state index in [-0.39, 0.29) is 12.0 Å². The summed E-state index contributed by atoms with van der Waals surface area (Å²) in [7, 11) is 0. The Bertz CT molecular complexity index is 690. The molecule has 2 aromatic rings. The van der Waals surface area contributed by atoms with Crippen molar-refractivity contribution in [2.75, 3.05) is 6.54 Å². The van der Waals surface area contributed by atoms with Crippen molar-refractivity contribution in [3.05, 3.63) is 71.3 Å². The number of guanidine groups is 1. The van der Waals surface area contributed by atoms with Gasteiger partial charge in [0, 0.05) is 18.7 Å². The van der Waals surface area contributed by atoms with Gasteiger partial charge < -0.3 is 11.1 Å². The van der Waals surface area contributed by atoms with E-state index in [1.165, 1.54) is 17.7 Å². The van der Waals surface area contributed by atoms with E-state index in [9.17, 15) is 8.78 Å². The van der Waals surface area contributed by atoms with Crippen LogP contribution in [0, 0.1) is 11.6 Å². The van der Waals surface area contributed by atoms with E-state index in [2.05, 4.69) is 22.4 Å². The van der Waals surface area contributed by atoms with Crippen LogP contribution in [0.1, 0.15) is 29.9 Å². The third kappa shape index (κ3) is 4.31. The highest BCUT2D eigenvalue weighted by atomic mass is 19.1. The molecule has 0 heterocycles. The van der Waals surface area contributed by atoms with Gasteiger partial charge in [-0.05, 0) is 48.4 Å². The van der Waals surface area contributed by atoms with Crippen LogP contribution in [-0.2, 0) is 6.42 Å². The smallest absolute Gasteiger partial charge is 0.188 e. The molecule has 1 aliphatic rings. The van der Waals surface area contributed by atoms with E-state index in [0.717, 1.165) is 25.3 Å². The monoisotopic (exact) mass is 329 g/mol. The fraction of sp³-hybridized carbons (Fsp3) is 0.316. The summed E-state index contributed by atoms with van der Waals surface area (Å²) in [6.07, 6.45) is 2.45. The number of hydrogen-bond acceptors (Lipinski definition) is 1. The zero-order valence-electron chi connectivity index (χ0n) is 13.4. The third-order valence-electron chi connectivity index (χ3n) is 4.37. The number of nitrogens with two attached hydrogens (primary N) is 1. The van der Waals surface area contributed by atoms with Crippen molar-refractivity contribution in [1.82, 2.24) is 5.32 Å². The van der Waals surface area contributed by atoms with Crippen molar-refractivity contribution in [2.45, 2.75) is 31.2 Å². The fourth-order valence-corrected chi connectivity index (χ4v) is 3.02. The fourth-order valence-electron chi connectivity index (χ4n) is 3.02. The molecule has 0 unspecified atom stereocenters. The van der Waals surface area contributed by atoms with Gasteiger partial charge in [0.1, 0.15) is 11.6 Å². The van der Waals surface area contributed by atoms with Crippen LogP contribution in [0.2, 0.25) is 0 Å². The lowest BCUT2D eigenvalue weighted by atomic mass is 9.76. The maximum absolute atomic E-state index is 13.2. The van der Waals surface area contributed by atoms with Gasteiger partial charge in [-0.15, -0.1) is 0 Å². The number of nitrogens with one attached hydrogen (secondary N) is 1. The van der Waals surface area contributed by atoms with E-state index >= 15 is 0 Å². The average molecular weight is 329 g/mol. The van der Waals surface area contributed by atoms with Gasteiger partial charge in [-0.25, -0.2) is 8.78 Å². The molecule has 1 fully saturated rings. The van der Waals surface area contributed by atoms with Gasteiger partial charge in [0.25, 0.3) is 0 Å². The molecule has 0 saturated heterocycles. The summed E-state index contributed by atoms with van der Waals surface area (Å²) in [5, 5.41) is 3.17. The lowest BCUT2D eigenvalue weighted by molar-refractivity contribution is 0.322. The third-order valence-corrected chi connectivity index (χ3v) is 4.37. The number of nitrogens with zero attached hydrogens (tertiary/aromatic N) is 1. The zero-order valence-corrected chi connectivity index (χ0v) is 13.4. The molecule has 0 amide bonds. The SMILES string of the molecule is NC(=NCCc1ccccc1)NC1CC(c2cc(F)cc(F)c2)C1. The van der Waals surface area contributed by atoms with Gasteiger partial charge in [0.2, 0.25) is 0 Å². The minimum absolute atomic E-state index is 0.171. The number of aliphatic imine (C=N–C) groups is 1. The molecule has 3 nitrogen and oxygen atoms in total. The molecule has 2 aromatic carbocycles. The molecule has 0 radical (unpaired) electrons. The van der Waals surface area contributed by atoms with Gasteiger partial charge in [0.05, 0.1) is 0 Å². The second kappa shape index (κ2) is 7.43. The molecule has 0 atom stereocenters. The molecule has 5 heteroatoms. The van der Waals surface area contributed by atoms with Crippen molar-refractivity contribution in [3.8, 4) is 0 Å². The van der Waals surface area contributed by atoms with Crippen LogP contribution in [0.3, 0.4) is 0 Å². The van der Waals surface area contributed by atoms with Crippen LogP contribution < -0.4 is 11.1 Å². The highest BCUT2D eigenvalue weighted by Crippen LogP contribution is 2.37. The Kier molecular flexibility index (Phi) is 5.08. The Hall–Kier alpha value is -2.43. The summed E-state index contributed by atoms with van der Waals surface area (Å²) >= 11 is 0. The van der Waals surface area contributed by atoms with Crippen LogP contribution in [0.25, 0.3) is 0 Å². The summed E-state index contributed by atoms with van der Waals surface area (Å²) < 4.78 is 26.5. The van der Waals surface area contributed by atoms with Gasteiger partial charge in [-0.1, -0.05) is 30.3 Å². The van der Waals surface area contributed by atoms with E-state index in [4.69, 9.17) is 5.73 Å².